The van der Waals surface area contributed by atoms with E-state index in [9.17, 15) is 0 Å². The van der Waals surface area contributed by atoms with Gasteiger partial charge in [-0.3, -0.25) is 0 Å². The van der Waals surface area contributed by atoms with Crippen LogP contribution in [0.25, 0.3) is 11.5 Å². The smallest absolute Gasteiger partial charge is 0.257 e. The van der Waals surface area contributed by atoms with Gasteiger partial charge in [-0.25, -0.2) is 0 Å². The second kappa shape index (κ2) is 5.00. The van der Waals surface area contributed by atoms with Crippen molar-refractivity contribution in [1.29, 1.82) is 0 Å². The van der Waals surface area contributed by atoms with Crippen LogP contribution in [0.4, 0.5) is 0 Å². The van der Waals surface area contributed by atoms with Gasteiger partial charge in [0.1, 0.15) is 0 Å². The molecule has 5 heteroatoms. The molecular weight excluding hydrogens is 254 g/mol. The van der Waals surface area contributed by atoms with Gasteiger partial charge in [-0.2, -0.15) is 4.98 Å². The van der Waals surface area contributed by atoms with Crippen LogP contribution in [0.2, 0.25) is 0 Å². The Morgan fingerprint density at radius 3 is 3.00 bits per heavy atom. The summed E-state index contributed by atoms with van der Waals surface area (Å²) >= 11 is 0. The van der Waals surface area contributed by atoms with E-state index in [0.717, 1.165) is 24.4 Å². The zero-order valence-electron chi connectivity index (χ0n) is 11.3. The van der Waals surface area contributed by atoms with Gasteiger partial charge in [0.2, 0.25) is 0 Å². The van der Waals surface area contributed by atoms with Crippen molar-refractivity contribution in [1.82, 2.24) is 15.5 Å². The lowest BCUT2D eigenvalue weighted by Gasteiger charge is -2.19. The van der Waals surface area contributed by atoms with E-state index in [1.807, 2.05) is 6.07 Å². The van der Waals surface area contributed by atoms with Gasteiger partial charge in [-0.05, 0) is 42.6 Å². The van der Waals surface area contributed by atoms with Crippen LogP contribution in [0.15, 0.2) is 22.7 Å². The monoisotopic (exact) mass is 271 g/mol. The standard InChI is InChI=1S/C15H17N3O2/c1-2-6-16-13(3-1)14-17-15(20-18-14)10-4-5-11-8-19-9-12(11)7-10/h4-5,7,13,16H,1-3,6,8-9H2. The second-order valence-electron chi connectivity index (χ2n) is 5.44. The van der Waals surface area contributed by atoms with Crippen molar-refractivity contribution < 1.29 is 9.26 Å². The molecule has 0 radical (unpaired) electrons. The average Bonchev–Trinajstić information content (AvgIpc) is 3.16. The molecule has 1 saturated heterocycles. The van der Waals surface area contributed by atoms with Gasteiger partial charge in [-0.15, -0.1) is 0 Å². The van der Waals surface area contributed by atoms with E-state index in [1.54, 1.807) is 0 Å². The number of rotatable bonds is 2. The molecule has 2 aliphatic rings. The number of piperidine rings is 1. The lowest BCUT2D eigenvalue weighted by molar-refractivity contribution is 0.134. The van der Waals surface area contributed by atoms with Crippen molar-refractivity contribution in [3.8, 4) is 11.5 Å². The SMILES string of the molecule is c1cc2c(cc1-c1nc(C3CCCCN3)no1)COC2. The average molecular weight is 271 g/mol. The second-order valence-corrected chi connectivity index (χ2v) is 5.44. The summed E-state index contributed by atoms with van der Waals surface area (Å²) in [5.74, 6) is 1.37. The zero-order chi connectivity index (χ0) is 13.4. The molecule has 2 aromatic rings. The molecule has 1 N–H and O–H groups in total. The molecule has 0 bridgehead atoms. The van der Waals surface area contributed by atoms with Gasteiger partial charge in [0.25, 0.3) is 5.89 Å². The molecule has 0 saturated carbocycles. The Bertz CT molecular complexity index is 617. The fraction of sp³-hybridized carbons (Fsp3) is 0.467. The highest BCUT2D eigenvalue weighted by Crippen LogP contribution is 2.27. The fourth-order valence-electron chi connectivity index (χ4n) is 2.87. The van der Waals surface area contributed by atoms with Crippen molar-refractivity contribution >= 4 is 0 Å². The first-order chi connectivity index (χ1) is 9.90. The minimum atomic E-state index is 0.235. The minimum absolute atomic E-state index is 0.235. The Morgan fingerprint density at radius 2 is 2.10 bits per heavy atom. The first-order valence-corrected chi connectivity index (χ1v) is 7.17. The van der Waals surface area contributed by atoms with E-state index in [2.05, 4.69) is 27.6 Å². The van der Waals surface area contributed by atoms with Crippen LogP contribution in [-0.2, 0) is 18.0 Å². The number of nitrogens with one attached hydrogen (secondary N) is 1. The molecule has 1 aromatic heterocycles. The third-order valence-electron chi connectivity index (χ3n) is 4.03. The van der Waals surface area contributed by atoms with Gasteiger partial charge in [0.05, 0.1) is 19.3 Å². The molecule has 3 heterocycles. The summed E-state index contributed by atoms with van der Waals surface area (Å²) < 4.78 is 10.9. The molecule has 1 unspecified atom stereocenters. The minimum Gasteiger partial charge on any atom is -0.372 e. The Hall–Kier alpha value is -1.72. The van der Waals surface area contributed by atoms with Crippen LogP contribution in [0, 0.1) is 0 Å². The van der Waals surface area contributed by atoms with Crippen molar-refractivity contribution in [2.45, 2.75) is 38.5 Å². The van der Waals surface area contributed by atoms with Crippen LogP contribution in [0.3, 0.4) is 0 Å². The van der Waals surface area contributed by atoms with Crippen LogP contribution in [0.5, 0.6) is 0 Å². The fourth-order valence-corrected chi connectivity index (χ4v) is 2.87. The van der Waals surface area contributed by atoms with E-state index >= 15 is 0 Å². The lowest BCUT2D eigenvalue weighted by Crippen LogP contribution is -2.27. The third kappa shape index (κ3) is 2.13. The van der Waals surface area contributed by atoms with E-state index in [1.165, 1.54) is 24.0 Å². The molecule has 1 fully saturated rings. The van der Waals surface area contributed by atoms with Crippen molar-refractivity contribution in [3.05, 3.63) is 35.2 Å². The van der Waals surface area contributed by atoms with Crippen molar-refractivity contribution in [3.63, 3.8) is 0 Å². The molecule has 20 heavy (non-hydrogen) atoms. The maximum absolute atomic E-state index is 5.43. The number of aromatic nitrogens is 2. The molecule has 0 spiro atoms. The Morgan fingerprint density at radius 1 is 1.15 bits per heavy atom. The van der Waals surface area contributed by atoms with Crippen LogP contribution >= 0.6 is 0 Å². The summed E-state index contributed by atoms with van der Waals surface area (Å²) in [7, 11) is 0. The quantitative estimate of drug-likeness (QED) is 0.909. The third-order valence-corrected chi connectivity index (χ3v) is 4.03. The van der Waals surface area contributed by atoms with E-state index in [0.29, 0.717) is 19.1 Å². The Labute approximate surface area is 117 Å². The zero-order valence-corrected chi connectivity index (χ0v) is 11.3. The maximum atomic E-state index is 5.43. The van der Waals surface area contributed by atoms with Crippen LogP contribution < -0.4 is 5.32 Å². The first kappa shape index (κ1) is 12.1. The highest BCUT2D eigenvalue weighted by atomic mass is 16.5. The molecule has 1 atom stereocenters. The summed E-state index contributed by atoms with van der Waals surface area (Å²) in [6.45, 7) is 2.41. The largest absolute Gasteiger partial charge is 0.372 e. The highest BCUT2D eigenvalue weighted by molar-refractivity contribution is 5.56. The van der Waals surface area contributed by atoms with Crippen LogP contribution in [0.1, 0.15) is 42.3 Å². The molecule has 0 amide bonds. The van der Waals surface area contributed by atoms with E-state index in [-0.39, 0.29) is 6.04 Å². The summed E-state index contributed by atoms with van der Waals surface area (Å²) in [4.78, 5) is 4.55. The van der Waals surface area contributed by atoms with Gasteiger partial charge in [0.15, 0.2) is 5.82 Å². The Kier molecular flexibility index (Phi) is 3.01. The molecular formula is C15H17N3O2. The predicted octanol–water partition coefficient (Wildman–Crippen LogP) is 2.58. The molecule has 4 rings (SSSR count). The van der Waals surface area contributed by atoms with Gasteiger partial charge >= 0.3 is 0 Å². The van der Waals surface area contributed by atoms with E-state index in [4.69, 9.17) is 9.26 Å². The number of hydrogen-bond acceptors (Lipinski definition) is 5. The number of benzene rings is 1. The Balaban J connectivity index is 1.61. The predicted molar refractivity (Wildman–Crippen MR) is 72.8 cm³/mol. The number of nitrogens with zero attached hydrogens (tertiary/aromatic N) is 2. The van der Waals surface area contributed by atoms with Gasteiger partial charge < -0.3 is 14.6 Å². The summed E-state index contributed by atoms with van der Waals surface area (Å²) in [6.07, 6.45) is 3.53. The molecule has 0 aliphatic carbocycles. The number of ether oxygens (including phenoxy) is 1. The van der Waals surface area contributed by atoms with Gasteiger partial charge in [-0.1, -0.05) is 17.6 Å². The van der Waals surface area contributed by atoms with Crippen molar-refractivity contribution in [2.75, 3.05) is 6.54 Å². The van der Waals surface area contributed by atoms with E-state index < -0.39 is 0 Å². The molecule has 104 valence electrons. The van der Waals surface area contributed by atoms with Crippen LogP contribution in [-0.4, -0.2) is 16.7 Å². The molecule has 5 nitrogen and oxygen atoms in total. The number of fused-ring (bicyclic) bond motifs is 1. The van der Waals surface area contributed by atoms with Crippen molar-refractivity contribution in [2.24, 2.45) is 0 Å². The summed E-state index contributed by atoms with van der Waals surface area (Å²) in [5.41, 5.74) is 3.45. The van der Waals surface area contributed by atoms with Gasteiger partial charge in [0, 0.05) is 5.56 Å². The normalized spacial score (nSPS) is 21.9. The number of hydrogen-bond donors (Lipinski definition) is 1. The topological polar surface area (TPSA) is 60.2 Å². The first-order valence-electron chi connectivity index (χ1n) is 7.17. The molecule has 1 aromatic carbocycles. The summed E-state index contributed by atoms with van der Waals surface area (Å²) in [5, 5.41) is 7.57. The highest BCUT2D eigenvalue weighted by Gasteiger charge is 2.21. The lowest BCUT2D eigenvalue weighted by atomic mass is 10.0. The molecule has 2 aliphatic heterocycles. The summed E-state index contributed by atoms with van der Waals surface area (Å²) in [6, 6.07) is 6.44. The maximum Gasteiger partial charge on any atom is 0.257 e.